The van der Waals surface area contributed by atoms with Crippen LogP contribution >= 0.6 is 0 Å². The molecular formula is C24H23NO3. The molecule has 1 heterocycles. The number of benzene rings is 3. The van der Waals surface area contributed by atoms with Crippen LogP contribution in [0.3, 0.4) is 0 Å². The smallest absolute Gasteiger partial charge is 0.343 e. The normalized spacial score (nSPS) is 11.1. The van der Waals surface area contributed by atoms with Gasteiger partial charge in [-0.2, -0.15) is 0 Å². The number of rotatable bonds is 6. The van der Waals surface area contributed by atoms with E-state index in [4.69, 9.17) is 4.74 Å². The van der Waals surface area contributed by atoms with Crippen LogP contribution in [0.1, 0.15) is 18.2 Å². The molecule has 0 atom stereocenters. The van der Waals surface area contributed by atoms with Crippen LogP contribution in [-0.2, 0) is 22.5 Å². The molecule has 28 heavy (non-hydrogen) atoms. The lowest BCUT2D eigenvalue weighted by atomic mass is 10.0. The van der Waals surface area contributed by atoms with Gasteiger partial charge in [0.25, 0.3) is 0 Å². The van der Waals surface area contributed by atoms with Crippen molar-refractivity contribution in [1.29, 1.82) is 0 Å². The Kier molecular flexibility index (Phi) is 5.02. The van der Waals surface area contributed by atoms with Crippen LogP contribution in [0.25, 0.3) is 21.7 Å². The Bertz CT molecular complexity index is 1140. The van der Waals surface area contributed by atoms with E-state index < -0.39 is 0 Å². The number of hydrogen-bond acceptors (Lipinski definition) is 3. The number of esters is 1. The van der Waals surface area contributed by atoms with Crippen molar-refractivity contribution < 1.29 is 14.3 Å². The number of aromatic nitrogens is 1. The van der Waals surface area contributed by atoms with E-state index in [2.05, 4.69) is 70.8 Å². The van der Waals surface area contributed by atoms with Crippen molar-refractivity contribution in [3.63, 3.8) is 0 Å². The number of methoxy groups -OCH3 is 1. The molecule has 0 saturated carbocycles. The number of carbonyl (C=O) groups excluding carboxylic acids is 1. The molecule has 4 nitrogen and oxygen atoms in total. The molecular weight excluding hydrogens is 350 g/mol. The molecule has 0 fully saturated rings. The summed E-state index contributed by atoms with van der Waals surface area (Å²) in [7, 11) is 1.36. The average Bonchev–Trinajstić information content (AvgIpc) is 3.10. The van der Waals surface area contributed by atoms with Crippen molar-refractivity contribution in [2.24, 2.45) is 0 Å². The van der Waals surface area contributed by atoms with Crippen LogP contribution in [-0.4, -0.2) is 24.3 Å². The van der Waals surface area contributed by atoms with Crippen molar-refractivity contribution >= 4 is 27.6 Å². The molecule has 1 aromatic heterocycles. The molecule has 3 aromatic carbocycles. The third kappa shape index (κ3) is 3.33. The summed E-state index contributed by atoms with van der Waals surface area (Å²) in [6, 6.07) is 23.0. The lowest BCUT2D eigenvalue weighted by molar-refractivity contribution is -0.142. The highest BCUT2D eigenvalue weighted by Crippen LogP contribution is 2.31. The van der Waals surface area contributed by atoms with Gasteiger partial charge in [-0.15, -0.1) is 0 Å². The zero-order valence-corrected chi connectivity index (χ0v) is 16.1. The molecule has 0 radical (unpaired) electrons. The Balaban J connectivity index is 1.77. The van der Waals surface area contributed by atoms with E-state index in [9.17, 15) is 4.79 Å². The number of aryl methyl sites for hydroxylation is 1. The van der Waals surface area contributed by atoms with Gasteiger partial charge in [0.1, 0.15) is 5.75 Å². The van der Waals surface area contributed by atoms with E-state index in [-0.39, 0.29) is 12.6 Å². The maximum absolute atomic E-state index is 11.5. The molecule has 0 saturated heterocycles. The first-order valence-electron chi connectivity index (χ1n) is 9.48. The summed E-state index contributed by atoms with van der Waals surface area (Å²) < 4.78 is 12.7. The minimum Gasteiger partial charge on any atom is -0.481 e. The standard InChI is InChI=1S/C24H23NO3/c1-3-19-14-21-22(12-7-13-23(21)28-16-24(26)27-2)25(19)15-18-10-6-9-17-8-4-5-11-20(17)18/h4-14H,3,15-16H2,1-2H3. The molecule has 0 unspecified atom stereocenters. The van der Waals surface area contributed by atoms with E-state index in [1.54, 1.807) is 0 Å². The van der Waals surface area contributed by atoms with E-state index in [0.717, 1.165) is 23.9 Å². The van der Waals surface area contributed by atoms with Crippen molar-refractivity contribution in [3.8, 4) is 5.75 Å². The van der Waals surface area contributed by atoms with Gasteiger partial charge in [-0.1, -0.05) is 55.5 Å². The average molecular weight is 373 g/mol. The first-order chi connectivity index (χ1) is 13.7. The summed E-state index contributed by atoms with van der Waals surface area (Å²) in [6.07, 6.45) is 0.913. The molecule has 0 N–H and O–H groups in total. The zero-order chi connectivity index (χ0) is 19.5. The van der Waals surface area contributed by atoms with Crippen LogP contribution in [0.15, 0.2) is 66.7 Å². The second-order valence-corrected chi connectivity index (χ2v) is 6.77. The highest BCUT2D eigenvalue weighted by Gasteiger charge is 2.14. The van der Waals surface area contributed by atoms with E-state index in [1.807, 2.05) is 12.1 Å². The first kappa shape index (κ1) is 18.1. The third-order valence-corrected chi connectivity index (χ3v) is 5.14. The molecule has 0 aliphatic heterocycles. The Labute approximate surface area is 164 Å². The molecule has 4 aromatic rings. The second kappa shape index (κ2) is 7.77. The molecule has 0 aliphatic rings. The number of ether oxygens (including phenoxy) is 2. The van der Waals surface area contributed by atoms with Gasteiger partial charge in [-0.25, -0.2) is 4.79 Å². The van der Waals surface area contributed by atoms with Crippen LogP contribution in [0.5, 0.6) is 5.75 Å². The highest BCUT2D eigenvalue weighted by molar-refractivity contribution is 5.89. The van der Waals surface area contributed by atoms with Crippen LogP contribution in [0.4, 0.5) is 0 Å². The second-order valence-electron chi connectivity index (χ2n) is 6.77. The quantitative estimate of drug-likeness (QED) is 0.449. The number of nitrogens with zero attached hydrogens (tertiary/aromatic N) is 1. The highest BCUT2D eigenvalue weighted by atomic mass is 16.6. The molecule has 0 aliphatic carbocycles. The van der Waals surface area contributed by atoms with Gasteiger partial charge in [0, 0.05) is 17.6 Å². The Morgan fingerprint density at radius 1 is 0.964 bits per heavy atom. The summed E-state index contributed by atoms with van der Waals surface area (Å²) in [5.74, 6) is 0.317. The van der Waals surface area contributed by atoms with E-state index >= 15 is 0 Å². The van der Waals surface area contributed by atoms with Gasteiger partial charge in [-0.3, -0.25) is 0 Å². The lowest BCUT2D eigenvalue weighted by Gasteiger charge is -2.13. The van der Waals surface area contributed by atoms with Crippen LogP contribution < -0.4 is 4.74 Å². The monoisotopic (exact) mass is 373 g/mol. The fourth-order valence-electron chi connectivity index (χ4n) is 3.71. The summed E-state index contributed by atoms with van der Waals surface area (Å²) in [6.45, 7) is 2.85. The Morgan fingerprint density at radius 3 is 2.57 bits per heavy atom. The molecule has 4 heteroatoms. The first-order valence-corrected chi connectivity index (χ1v) is 9.48. The zero-order valence-electron chi connectivity index (χ0n) is 16.1. The molecule has 142 valence electrons. The van der Waals surface area contributed by atoms with E-state index in [1.165, 1.54) is 29.1 Å². The fourth-order valence-corrected chi connectivity index (χ4v) is 3.71. The largest absolute Gasteiger partial charge is 0.481 e. The van der Waals surface area contributed by atoms with Gasteiger partial charge in [-0.05, 0) is 41.0 Å². The third-order valence-electron chi connectivity index (χ3n) is 5.14. The summed E-state index contributed by atoms with van der Waals surface area (Å²) in [4.78, 5) is 11.5. The van der Waals surface area contributed by atoms with Gasteiger partial charge < -0.3 is 14.0 Å². The molecule has 0 amide bonds. The summed E-state index contributed by atoms with van der Waals surface area (Å²) in [5.41, 5.74) is 3.62. The molecule has 0 bridgehead atoms. The van der Waals surface area contributed by atoms with Gasteiger partial charge >= 0.3 is 5.97 Å². The number of carbonyl (C=O) groups is 1. The SMILES string of the molecule is CCc1cc2c(OCC(=O)OC)cccc2n1Cc1cccc2ccccc12. The van der Waals surface area contributed by atoms with Crippen molar-refractivity contribution in [2.45, 2.75) is 19.9 Å². The maximum Gasteiger partial charge on any atom is 0.343 e. The van der Waals surface area contributed by atoms with E-state index in [0.29, 0.717) is 5.75 Å². The Hall–Kier alpha value is -3.27. The van der Waals surface area contributed by atoms with Crippen LogP contribution in [0.2, 0.25) is 0 Å². The Morgan fingerprint density at radius 2 is 1.75 bits per heavy atom. The lowest BCUT2D eigenvalue weighted by Crippen LogP contribution is -2.12. The summed E-state index contributed by atoms with van der Waals surface area (Å²) in [5, 5.41) is 3.53. The molecule has 0 spiro atoms. The van der Waals surface area contributed by atoms with Gasteiger partial charge in [0.2, 0.25) is 0 Å². The topological polar surface area (TPSA) is 40.5 Å². The maximum atomic E-state index is 11.5. The summed E-state index contributed by atoms with van der Waals surface area (Å²) >= 11 is 0. The fraction of sp³-hybridized carbons (Fsp3) is 0.208. The predicted molar refractivity (Wildman–Crippen MR) is 112 cm³/mol. The van der Waals surface area contributed by atoms with Gasteiger partial charge in [0.15, 0.2) is 6.61 Å². The minimum absolute atomic E-state index is 0.0917. The van der Waals surface area contributed by atoms with Crippen molar-refractivity contribution in [1.82, 2.24) is 4.57 Å². The predicted octanol–water partition coefficient (Wildman–Crippen LogP) is 4.96. The van der Waals surface area contributed by atoms with Crippen LogP contribution in [0, 0.1) is 0 Å². The number of fused-ring (bicyclic) bond motifs is 2. The van der Waals surface area contributed by atoms with Crippen molar-refractivity contribution in [3.05, 3.63) is 78.0 Å². The molecule has 4 rings (SSSR count). The van der Waals surface area contributed by atoms with Crippen molar-refractivity contribution in [2.75, 3.05) is 13.7 Å². The number of hydrogen-bond donors (Lipinski definition) is 0. The van der Waals surface area contributed by atoms with Gasteiger partial charge in [0.05, 0.1) is 12.6 Å². The minimum atomic E-state index is -0.386.